The van der Waals surface area contributed by atoms with Crippen LogP contribution in [0.5, 0.6) is 0 Å². The van der Waals surface area contributed by atoms with E-state index in [0.717, 1.165) is 27.3 Å². The highest BCUT2D eigenvalue weighted by Crippen LogP contribution is 2.32. The van der Waals surface area contributed by atoms with Crippen LogP contribution in [0.3, 0.4) is 0 Å². The van der Waals surface area contributed by atoms with E-state index in [9.17, 15) is 13.2 Å². The van der Waals surface area contributed by atoms with Gasteiger partial charge in [0.15, 0.2) is 0 Å². The van der Waals surface area contributed by atoms with Gasteiger partial charge in [-0.05, 0) is 75.1 Å². The first-order valence-corrected chi connectivity index (χ1v) is 11.8. The van der Waals surface area contributed by atoms with Crippen molar-refractivity contribution in [2.45, 2.75) is 46.7 Å². The average molecular weight is 457 g/mol. The van der Waals surface area contributed by atoms with Gasteiger partial charge in [0.25, 0.3) is 0 Å². The van der Waals surface area contributed by atoms with Gasteiger partial charge in [-0.25, -0.2) is 8.42 Å². The molecule has 0 aliphatic carbocycles. The first kappa shape index (κ1) is 23.5. The third kappa shape index (κ3) is 5.44. The molecule has 0 aliphatic heterocycles. The van der Waals surface area contributed by atoms with Gasteiger partial charge in [-0.15, -0.1) is 0 Å². The maximum Gasteiger partial charge on any atom is 0.244 e. The number of amides is 1. The van der Waals surface area contributed by atoms with Crippen molar-refractivity contribution < 1.29 is 13.2 Å². The SMILES string of the molecule is Cc1cc(C)c([C@@H](C)NC(=O)[C@@H](C)N(c2cc(Cl)ccc2Cl)S(C)(=O)=O)cc1C. The van der Waals surface area contributed by atoms with E-state index in [1.165, 1.54) is 24.6 Å². The summed E-state index contributed by atoms with van der Waals surface area (Å²) in [5, 5.41) is 3.43. The number of hydrogen-bond donors (Lipinski definition) is 1. The van der Waals surface area contributed by atoms with Crippen LogP contribution in [0.15, 0.2) is 30.3 Å². The summed E-state index contributed by atoms with van der Waals surface area (Å²) in [6.45, 7) is 9.44. The van der Waals surface area contributed by atoms with Gasteiger partial charge in [-0.2, -0.15) is 0 Å². The third-order valence-corrected chi connectivity index (χ3v) is 6.72. The van der Waals surface area contributed by atoms with E-state index in [1.54, 1.807) is 6.07 Å². The number of nitrogens with zero attached hydrogens (tertiary/aromatic N) is 1. The maximum atomic E-state index is 13.0. The molecule has 0 saturated heterocycles. The number of anilines is 1. The second-order valence-corrected chi connectivity index (χ2v) is 10.1. The Hall–Kier alpha value is -1.76. The summed E-state index contributed by atoms with van der Waals surface area (Å²) >= 11 is 12.2. The van der Waals surface area contributed by atoms with Crippen molar-refractivity contribution in [2.24, 2.45) is 0 Å². The number of rotatable bonds is 6. The van der Waals surface area contributed by atoms with Crippen LogP contribution in [0.1, 0.15) is 42.1 Å². The minimum atomic E-state index is -3.79. The summed E-state index contributed by atoms with van der Waals surface area (Å²) in [6.07, 6.45) is 1.03. The Labute approximate surface area is 183 Å². The van der Waals surface area contributed by atoms with Gasteiger partial charge in [-0.1, -0.05) is 35.3 Å². The molecule has 1 N–H and O–H groups in total. The molecule has 0 aromatic heterocycles. The molecule has 0 saturated carbocycles. The summed E-state index contributed by atoms with van der Waals surface area (Å²) < 4.78 is 26.0. The normalized spacial score (nSPS) is 13.7. The van der Waals surface area contributed by atoms with Gasteiger partial charge in [0, 0.05) is 5.02 Å². The lowest BCUT2D eigenvalue weighted by Gasteiger charge is -2.30. The highest BCUT2D eigenvalue weighted by Gasteiger charge is 2.31. The fourth-order valence-corrected chi connectivity index (χ4v) is 4.90. The Balaban J connectivity index is 2.35. The van der Waals surface area contributed by atoms with E-state index in [1.807, 2.05) is 33.8 Å². The van der Waals surface area contributed by atoms with Crippen LogP contribution in [0, 0.1) is 20.8 Å². The van der Waals surface area contributed by atoms with Gasteiger partial charge < -0.3 is 5.32 Å². The van der Waals surface area contributed by atoms with Crippen LogP contribution in [0.4, 0.5) is 5.69 Å². The minimum absolute atomic E-state index is 0.166. The van der Waals surface area contributed by atoms with Gasteiger partial charge in [-0.3, -0.25) is 9.10 Å². The van der Waals surface area contributed by atoms with Crippen LogP contribution in [-0.4, -0.2) is 26.6 Å². The third-order valence-electron chi connectivity index (χ3n) is 4.94. The number of nitrogens with one attached hydrogen (secondary N) is 1. The first-order chi connectivity index (χ1) is 13.3. The van der Waals surface area contributed by atoms with E-state index >= 15 is 0 Å². The Morgan fingerprint density at radius 1 is 1.00 bits per heavy atom. The van der Waals surface area contributed by atoms with E-state index in [0.29, 0.717) is 5.02 Å². The maximum absolute atomic E-state index is 13.0. The molecule has 29 heavy (non-hydrogen) atoms. The van der Waals surface area contributed by atoms with Gasteiger partial charge >= 0.3 is 0 Å². The van der Waals surface area contributed by atoms with Crippen molar-refractivity contribution in [2.75, 3.05) is 10.6 Å². The Kier molecular flexibility index (Phi) is 7.25. The predicted octanol–water partition coefficient (Wildman–Crippen LogP) is 4.95. The van der Waals surface area contributed by atoms with Crippen molar-refractivity contribution in [1.29, 1.82) is 0 Å². The summed E-state index contributed by atoms with van der Waals surface area (Å²) in [5.41, 5.74) is 4.52. The highest BCUT2D eigenvalue weighted by molar-refractivity contribution is 7.92. The van der Waals surface area contributed by atoms with Gasteiger partial charge in [0.2, 0.25) is 15.9 Å². The van der Waals surface area contributed by atoms with Gasteiger partial charge in [0.05, 0.1) is 23.0 Å². The molecule has 2 rings (SSSR count). The molecule has 2 atom stereocenters. The lowest BCUT2D eigenvalue weighted by atomic mass is 9.96. The van der Waals surface area contributed by atoms with E-state index < -0.39 is 22.0 Å². The zero-order chi connectivity index (χ0) is 22.1. The van der Waals surface area contributed by atoms with Crippen molar-refractivity contribution in [1.82, 2.24) is 5.32 Å². The van der Waals surface area contributed by atoms with Crippen molar-refractivity contribution in [3.05, 3.63) is 62.6 Å². The molecular weight excluding hydrogens is 431 g/mol. The quantitative estimate of drug-likeness (QED) is 0.668. The molecule has 5 nitrogen and oxygen atoms in total. The average Bonchev–Trinajstić information content (AvgIpc) is 2.59. The van der Waals surface area contributed by atoms with Crippen LogP contribution in [0.25, 0.3) is 0 Å². The van der Waals surface area contributed by atoms with Crippen molar-refractivity contribution in [3.63, 3.8) is 0 Å². The number of halogens is 2. The fourth-order valence-electron chi connectivity index (χ4n) is 3.30. The number of hydrogen-bond acceptors (Lipinski definition) is 3. The molecule has 2 aromatic carbocycles. The largest absolute Gasteiger partial charge is 0.348 e. The molecule has 0 aliphatic rings. The second-order valence-electron chi connectivity index (χ2n) is 7.35. The topological polar surface area (TPSA) is 66.5 Å². The molecule has 8 heteroatoms. The zero-order valence-electron chi connectivity index (χ0n) is 17.4. The Bertz CT molecular complexity index is 1040. The molecule has 0 bridgehead atoms. The molecular formula is C21H26Cl2N2O3S. The standard InChI is InChI=1S/C21H26Cl2N2O3S/c1-12-9-14(3)18(10-13(12)2)15(4)24-21(26)16(5)25(29(6,27)28)20-11-17(22)7-8-19(20)23/h7-11,15-16H,1-6H3,(H,24,26)/t15-,16-/m1/s1. The number of aryl methyl sites for hydroxylation is 3. The predicted molar refractivity (Wildman–Crippen MR) is 120 cm³/mol. The Morgan fingerprint density at radius 3 is 2.17 bits per heavy atom. The number of carbonyl (C=O) groups excluding carboxylic acids is 1. The summed E-state index contributed by atoms with van der Waals surface area (Å²) in [4.78, 5) is 13.0. The second kappa shape index (κ2) is 8.94. The molecule has 0 radical (unpaired) electrons. The lowest BCUT2D eigenvalue weighted by molar-refractivity contribution is -0.122. The smallest absolute Gasteiger partial charge is 0.244 e. The minimum Gasteiger partial charge on any atom is -0.348 e. The molecule has 0 spiro atoms. The van der Waals surface area contributed by atoms with Crippen molar-refractivity contribution in [3.8, 4) is 0 Å². The summed E-state index contributed by atoms with van der Waals surface area (Å²) in [5.74, 6) is -0.434. The molecule has 0 fully saturated rings. The number of sulfonamides is 1. The van der Waals surface area contributed by atoms with Crippen LogP contribution in [0.2, 0.25) is 10.0 Å². The summed E-state index contributed by atoms with van der Waals surface area (Å²) in [7, 11) is -3.79. The molecule has 158 valence electrons. The first-order valence-electron chi connectivity index (χ1n) is 9.15. The lowest BCUT2D eigenvalue weighted by Crippen LogP contribution is -2.48. The summed E-state index contributed by atoms with van der Waals surface area (Å²) in [6, 6.07) is 7.31. The monoisotopic (exact) mass is 456 g/mol. The molecule has 2 aromatic rings. The number of benzene rings is 2. The molecule has 0 heterocycles. The zero-order valence-corrected chi connectivity index (χ0v) is 19.7. The number of carbonyl (C=O) groups is 1. The van der Waals surface area contributed by atoms with Crippen LogP contribution in [-0.2, 0) is 14.8 Å². The van der Waals surface area contributed by atoms with Crippen LogP contribution < -0.4 is 9.62 Å². The van der Waals surface area contributed by atoms with Crippen LogP contribution >= 0.6 is 23.2 Å². The molecule has 0 unspecified atom stereocenters. The highest BCUT2D eigenvalue weighted by atomic mass is 35.5. The van der Waals surface area contributed by atoms with Gasteiger partial charge in [0.1, 0.15) is 6.04 Å². The van der Waals surface area contributed by atoms with E-state index in [4.69, 9.17) is 23.2 Å². The fraction of sp³-hybridized carbons (Fsp3) is 0.381. The Morgan fingerprint density at radius 2 is 1.59 bits per heavy atom. The van der Waals surface area contributed by atoms with E-state index in [-0.39, 0.29) is 16.8 Å². The van der Waals surface area contributed by atoms with Crippen molar-refractivity contribution >= 4 is 44.8 Å². The van der Waals surface area contributed by atoms with E-state index in [2.05, 4.69) is 11.4 Å². The molecule has 1 amide bonds.